The molecule has 1 aliphatic heterocycles. The number of nitrogens with zero attached hydrogens (tertiary/aromatic N) is 1. The summed E-state index contributed by atoms with van der Waals surface area (Å²) in [4.78, 5) is 14.6. The van der Waals surface area contributed by atoms with E-state index in [-0.39, 0.29) is 5.91 Å². The van der Waals surface area contributed by atoms with Crippen molar-refractivity contribution in [3.63, 3.8) is 0 Å². The van der Waals surface area contributed by atoms with E-state index in [0.29, 0.717) is 17.9 Å². The quantitative estimate of drug-likeness (QED) is 0.809. The SMILES string of the molecule is COc1ccc(Br)c(C(=O)NCCCN2CCCC2)c1. The van der Waals surface area contributed by atoms with Crippen LogP contribution in [-0.4, -0.2) is 44.1 Å². The van der Waals surface area contributed by atoms with E-state index in [9.17, 15) is 4.79 Å². The summed E-state index contributed by atoms with van der Waals surface area (Å²) in [5.41, 5.74) is 0.616. The summed E-state index contributed by atoms with van der Waals surface area (Å²) < 4.78 is 5.93. The molecule has 0 aromatic heterocycles. The monoisotopic (exact) mass is 340 g/mol. The van der Waals surface area contributed by atoms with Crippen LogP contribution in [-0.2, 0) is 0 Å². The molecule has 0 aliphatic carbocycles. The van der Waals surface area contributed by atoms with Crippen molar-refractivity contribution in [3.05, 3.63) is 28.2 Å². The molecule has 4 nitrogen and oxygen atoms in total. The molecule has 1 aromatic rings. The lowest BCUT2D eigenvalue weighted by molar-refractivity contribution is 0.0951. The van der Waals surface area contributed by atoms with Crippen LogP contribution < -0.4 is 10.1 Å². The maximum absolute atomic E-state index is 12.1. The van der Waals surface area contributed by atoms with Crippen molar-refractivity contribution in [2.75, 3.05) is 33.3 Å². The standard InChI is InChI=1S/C15H21BrN2O2/c1-20-12-5-6-14(16)13(11-12)15(19)17-7-4-10-18-8-2-3-9-18/h5-6,11H,2-4,7-10H2,1H3,(H,17,19). The first kappa shape index (κ1) is 15.3. The highest BCUT2D eigenvalue weighted by molar-refractivity contribution is 9.10. The van der Waals surface area contributed by atoms with Crippen LogP contribution in [0.4, 0.5) is 0 Å². The predicted molar refractivity (Wildman–Crippen MR) is 83.3 cm³/mol. The molecule has 2 rings (SSSR count). The number of likely N-dealkylation sites (tertiary alicyclic amines) is 1. The maximum Gasteiger partial charge on any atom is 0.252 e. The van der Waals surface area contributed by atoms with Gasteiger partial charge in [-0.05, 0) is 73.0 Å². The lowest BCUT2D eigenvalue weighted by Crippen LogP contribution is -2.28. The topological polar surface area (TPSA) is 41.6 Å². The number of halogens is 1. The summed E-state index contributed by atoms with van der Waals surface area (Å²) in [6.45, 7) is 4.18. The third-order valence-electron chi connectivity index (χ3n) is 3.55. The minimum Gasteiger partial charge on any atom is -0.497 e. The van der Waals surface area contributed by atoms with Gasteiger partial charge in [-0.3, -0.25) is 4.79 Å². The smallest absolute Gasteiger partial charge is 0.252 e. The zero-order valence-corrected chi connectivity index (χ0v) is 13.4. The third kappa shape index (κ3) is 4.21. The van der Waals surface area contributed by atoms with Crippen LogP contribution in [0.15, 0.2) is 22.7 Å². The fraction of sp³-hybridized carbons (Fsp3) is 0.533. The first-order valence-corrected chi connectivity index (χ1v) is 7.84. The van der Waals surface area contributed by atoms with Gasteiger partial charge in [0, 0.05) is 11.0 Å². The molecule has 1 amide bonds. The largest absolute Gasteiger partial charge is 0.497 e. The molecule has 0 radical (unpaired) electrons. The normalized spacial score (nSPS) is 15.3. The number of methoxy groups -OCH3 is 1. The van der Waals surface area contributed by atoms with E-state index in [1.54, 1.807) is 13.2 Å². The van der Waals surface area contributed by atoms with Crippen LogP contribution in [0.25, 0.3) is 0 Å². The van der Waals surface area contributed by atoms with E-state index >= 15 is 0 Å². The maximum atomic E-state index is 12.1. The molecule has 1 aliphatic rings. The number of ether oxygens (including phenoxy) is 1. The molecule has 20 heavy (non-hydrogen) atoms. The van der Waals surface area contributed by atoms with Crippen molar-refractivity contribution >= 4 is 21.8 Å². The molecule has 1 aromatic carbocycles. The van der Waals surface area contributed by atoms with E-state index in [1.165, 1.54) is 25.9 Å². The first-order chi connectivity index (χ1) is 9.70. The van der Waals surface area contributed by atoms with Gasteiger partial charge < -0.3 is 15.0 Å². The lowest BCUT2D eigenvalue weighted by Gasteiger charge is -2.14. The summed E-state index contributed by atoms with van der Waals surface area (Å²) in [6, 6.07) is 5.41. The molecule has 0 spiro atoms. The lowest BCUT2D eigenvalue weighted by atomic mass is 10.2. The second-order valence-corrected chi connectivity index (χ2v) is 5.86. The van der Waals surface area contributed by atoms with Gasteiger partial charge in [-0.2, -0.15) is 0 Å². The average Bonchev–Trinajstić information content (AvgIpc) is 2.97. The molecule has 110 valence electrons. The van der Waals surface area contributed by atoms with E-state index < -0.39 is 0 Å². The molecule has 0 saturated carbocycles. The number of nitrogens with one attached hydrogen (secondary N) is 1. The molecule has 1 N–H and O–H groups in total. The van der Waals surface area contributed by atoms with Gasteiger partial charge in [-0.25, -0.2) is 0 Å². The fourth-order valence-corrected chi connectivity index (χ4v) is 2.84. The van der Waals surface area contributed by atoms with Crippen LogP contribution in [0.2, 0.25) is 0 Å². The van der Waals surface area contributed by atoms with Crippen LogP contribution in [0.1, 0.15) is 29.6 Å². The predicted octanol–water partition coefficient (Wildman–Crippen LogP) is 2.67. The average molecular weight is 341 g/mol. The van der Waals surface area contributed by atoms with E-state index in [1.807, 2.05) is 12.1 Å². The van der Waals surface area contributed by atoms with Crippen molar-refractivity contribution in [2.24, 2.45) is 0 Å². The molecule has 0 atom stereocenters. The van der Waals surface area contributed by atoms with Crippen molar-refractivity contribution in [1.29, 1.82) is 0 Å². The summed E-state index contributed by atoms with van der Waals surface area (Å²) >= 11 is 3.40. The van der Waals surface area contributed by atoms with Crippen molar-refractivity contribution in [1.82, 2.24) is 10.2 Å². The van der Waals surface area contributed by atoms with Crippen molar-refractivity contribution < 1.29 is 9.53 Å². The van der Waals surface area contributed by atoms with E-state index in [0.717, 1.165) is 17.4 Å². The van der Waals surface area contributed by atoms with Gasteiger partial charge in [0.15, 0.2) is 0 Å². The Labute approximate surface area is 128 Å². The second-order valence-electron chi connectivity index (χ2n) is 5.00. The summed E-state index contributed by atoms with van der Waals surface area (Å²) in [7, 11) is 1.60. The Morgan fingerprint density at radius 1 is 1.40 bits per heavy atom. The van der Waals surface area contributed by atoms with Crippen molar-refractivity contribution in [2.45, 2.75) is 19.3 Å². The Hall–Kier alpha value is -1.07. The van der Waals surface area contributed by atoms with E-state index in [4.69, 9.17) is 4.74 Å². The van der Waals surface area contributed by atoms with Crippen LogP contribution in [0, 0.1) is 0 Å². The van der Waals surface area contributed by atoms with Gasteiger partial charge in [0.1, 0.15) is 5.75 Å². The highest BCUT2D eigenvalue weighted by atomic mass is 79.9. The highest BCUT2D eigenvalue weighted by Gasteiger charge is 2.12. The molecule has 1 fully saturated rings. The molecule has 1 saturated heterocycles. The number of hydrogen-bond donors (Lipinski definition) is 1. The summed E-state index contributed by atoms with van der Waals surface area (Å²) in [6.07, 6.45) is 3.61. The van der Waals surface area contributed by atoms with Gasteiger partial charge in [0.25, 0.3) is 5.91 Å². The van der Waals surface area contributed by atoms with Gasteiger partial charge in [0.05, 0.1) is 12.7 Å². The molecule has 5 heteroatoms. The number of rotatable bonds is 6. The van der Waals surface area contributed by atoms with Crippen LogP contribution in [0.5, 0.6) is 5.75 Å². The minimum atomic E-state index is -0.0582. The Bertz CT molecular complexity index is 459. The number of carbonyl (C=O) groups excluding carboxylic acids is 1. The van der Waals surface area contributed by atoms with Crippen LogP contribution in [0.3, 0.4) is 0 Å². The number of carbonyl (C=O) groups is 1. The van der Waals surface area contributed by atoms with Crippen LogP contribution >= 0.6 is 15.9 Å². The highest BCUT2D eigenvalue weighted by Crippen LogP contribution is 2.22. The zero-order chi connectivity index (χ0) is 14.4. The summed E-state index contributed by atoms with van der Waals surface area (Å²) in [5.74, 6) is 0.632. The zero-order valence-electron chi connectivity index (χ0n) is 11.8. The van der Waals surface area contributed by atoms with Gasteiger partial charge >= 0.3 is 0 Å². The first-order valence-electron chi connectivity index (χ1n) is 7.05. The Morgan fingerprint density at radius 2 is 2.15 bits per heavy atom. The molecule has 0 bridgehead atoms. The van der Waals surface area contributed by atoms with E-state index in [2.05, 4.69) is 26.1 Å². The Balaban J connectivity index is 1.79. The van der Waals surface area contributed by atoms with Gasteiger partial charge in [-0.1, -0.05) is 0 Å². The number of hydrogen-bond acceptors (Lipinski definition) is 3. The molecule has 0 unspecified atom stereocenters. The second kappa shape index (κ2) is 7.64. The third-order valence-corrected chi connectivity index (χ3v) is 4.25. The molecular formula is C15H21BrN2O2. The number of amides is 1. The number of benzene rings is 1. The van der Waals surface area contributed by atoms with Gasteiger partial charge in [0.2, 0.25) is 0 Å². The molecule has 1 heterocycles. The Morgan fingerprint density at radius 3 is 2.85 bits per heavy atom. The van der Waals surface area contributed by atoms with Crippen molar-refractivity contribution in [3.8, 4) is 5.75 Å². The van der Waals surface area contributed by atoms with Gasteiger partial charge in [-0.15, -0.1) is 0 Å². The fourth-order valence-electron chi connectivity index (χ4n) is 2.41. The minimum absolute atomic E-state index is 0.0582. The Kier molecular flexibility index (Phi) is 5.86. The summed E-state index contributed by atoms with van der Waals surface area (Å²) in [5, 5.41) is 2.96. The molecular weight excluding hydrogens is 320 g/mol.